The molecule has 1 nitrogen and oxygen atoms in total. The van der Waals surface area contributed by atoms with Crippen molar-refractivity contribution in [1.29, 1.82) is 5.26 Å². The van der Waals surface area contributed by atoms with Crippen LogP contribution in [0.15, 0.2) is 0 Å². The molecule has 0 bridgehead atoms. The van der Waals surface area contributed by atoms with E-state index in [0.29, 0.717) is 16.6 Å². The summed E-state index contributed by atoms with van der Waals surface area (Å²) in [6.07, 6.45) is 6.14. The SMILES string of the molecule is CCC(C)(C)C1CCC(C#N)C(SCCC(C)C)C1. The zero-order valence-corrected chi connectivity index (χ0v) is 14.2. The maximum Gasteiger partial charge on any atom is 0.0667 e. The maximum atomic E-state index is 9.35. The van der Waals surface area contributed by atoms with E-state index in [0.717, 1.165) is 18.3 Å². The number of rotatable bonds is 6. The average Bonchev–Trinajstić information content (AvgIpc) is 2.38. The van der Waals surface area contributed by atoms with Crippen LogP contribution in [0.5, 0.6) is 0 Å². The number of hydrogen-bond donors (Lipinski definition) is 0. The van der Waals surface area contributed by atoms with Crippen LogP contribution in [0.3, 0.4) is 0 Å². The summed E-state index contributed by atoms with van der Waals surface area (Å²) in [5.74, 6) is 3.10. The Kier molecular flexibility index (Phi) is 6.74. The molecule has 110 valence electrons. The van der Waals surface area contributed by atoms with Crippen molar-refractivity contribution < 1.29 is 0 Å². The van der Waals surface area contributed by atoms with Gasteiger partial charge < -0.3 is 0 Å². The fourth-order valence-corrected chi connectivity index (χ4v) is 4.62. The summed E-state index contributed by atoms with van der Waals surface area (Å²) in [6, 6.07) is 2.56. The summed E-state index contributed by atoms with van der Waals surface area (Å²) in [5.41, 5.74) is 0.442. The van der Waals surface area contributed by atoms with Gasteiger partial charge in [0.1, 0.15) is 0 Å². The molecule has 0 aliphatic heterocycles. The van der Waals surface area contributed by atoms with E-state index in [2.05, 4.69) is 52.4 Å². The molecule has 0 saturated heterocycles. The molecule has 1 aliphatic rings. The van der Waals surface area contributed by atoms with Crippen LogP contribution in [0.2, 0.25) is 0 Å². The lowest BCUT2D eigenvalue weighted by molar-refractivity contribution is 0.144. The highest BCUT2D eigenvalue weighted by Crippen LogP contribution is 2.45. The molecule has 3 unspecified atom stereocenters. The Labute approximate surface area is 124 Å². The Morgan fingerprint density at radius 2 is 2.00 bits per heavy atom. The Morgan fingerprint density at radius 1 is 1.32 bits per heavy atom. The minimum atomic E-state index is 0.293. The lowest BCUT2D eigenvalue weighted by atomic mass is 9.67. The Balaban J connectivity index is 2.56. The molecule has 2 heteroatoms. The third-order valence-corrected chi connectivity index (χ3v) is 6.42. The van der Waals surface area contributed by atoms with Crippen LogP contribution in [0, 0.1) is 34.5 Å². The van der Waals surface area contributed by atoms with Crippen LogP contribution >= 0.6 is 11.8 Å². The zero-order valence-electron chi connectivity index (χ0n) is 13.4. The summed E-state index contributed by atoms with van der Waals surface area (Å²) in [4.78, 5) is 0. The van der Waals surface area contributed by atoms with Crippen molar-refractivity contribution in [3.63, 3.8) is 0 Å². The molecular formula is C17H31NS. The van der Waals surface area contributed by atoms with Crippen molar-refractivity contribution in [3.05, 3.63) is 0 Å². The van der Waals surface area contributed by atoms with Gasteiger partial charge in [0.2, 0.25) is 0 Å². The molecule has 0 aromatic heterocycles. The second-order valence-electron chi connectivity index (χ2n) is 7.18. The molecular weight excluding hydrogens is 250 g/mol. The molecule has 0 heterocycles. The topological polar surface area (TPSA) is 23.8 Å². The van der Waals surface area contributed by atoms with Crippen molar-refractivity contribution in [2.24, 2.45) is 23.2 Å². The van der Waals surface area contributed by atoms with E-state index in [9.17, 15) is 5.26 Å². The molecule has 19 heavy (non-hydrogen) atoms. The summed E-state index contributed by atoms with van der Waals surface area (Å²) in [6.45, 7) is 11.7. The van der Waals surface area contributed by atoms with Gasteiger partial charge in [-0.05, 0) is 48.7 Å². The van der Waals surface area contributed by atoms with Gasteiger partial charge in [0.05, 0.1) is 12.0 Å². The first-order chi connectivity index (χ1) is 8.90. The first-order valence-corrected chi connectivity index (χ1v) is 8.96. The first-order valence-electron chi connectivity index (χ1n) is 7.92. The minimum Gasteiger partial charge on any atom is -0.198 e. The molecule has 0 spiro atoms. The molecule has 1 saturated carbocycles. The summed E-state index contributed by atoms with van der Waals surface area (Å²) in [5, 5.41) is 9.93. The molecule has 0 N–H and O–H groups in total. The van der Waals surface area contributed by atoms with Crippen LogP contribution in [0.4, 0.5) is 0 Å². The molecule has 3 atom stereocenters. The number of thioether (sulfide) groups is 1. The summed E-state index contributed by atoms with van der Waals surface area (Å²) in [7, 11) is 0. The highest BCUT2D eigenvalue weighted by Gasteiger charge is 2.37. The number of nitriles is 1. The number of nitrogens with zero attached hydrogens (tertiary/aromatic N) is 1. The van der Waals surface area contributed by atoms with Gasteiger partial charge in [-0.1, -0.05) is 41.0 Å². The van der Waals surface area contributed by atoms with E-state index in [4.69, 9.17) is 0 Å². The van der Waals surface area contributed by atoms with Crippen molar-refractivity contribution in [2.75, 3.05) is 5.75 Å². The molecule has 0 aromatic rings. The van der Waals surface area contributed by atoms with Gasteiger partial charge in [-0.15, -0.1) is 0 Å². The second-order valence-corrected chi connectivity index (χ2v) is 8.53. The van der Waals surface area contributed by atoms with Crippen LogP contribution in [-0.4, -0.2) is 11.0 Å². The third-order valence-electron chi connectivity index (χ3n) is 5.00. The smallest absolute Gasteiger partial charge is 0.0667 e. The van der Waals surface area contributed by atoms with Crippen molar-refractivity contribution in [1.82, 2.24) is 0 Å². The summed E-state index contributed by atoms with van der Waals surface area (Å²) >= 11 is 2.07. The van der Waals surface area contributed by atoms with Gasteiger partial charge in [0.15, 0.2) is 0 Å². The van der Waals surface area contributed by atoms with Gasteiger partial charge in [-0.3, -0.25) is 0 Å². The quantitative estimate of drug-likeness (QED) is 0.641. The van der Waals surface area contributed by atoms with Crippen molar-refractivity contribution in [2.45, 2.75) is 72.0 Å². The maximum absolute atomic E-state index is 9.35. The monoisotopic (exact) mass is 281 g/mol. The van der Waals surface area contributed by atoms with Crippen LogP contribution in [0.1, 0.15) is 66.7 Å². The lowest BCUT2D eigenvalue weighted by Gasteiger charge is -2.41. The largest absolute Gasteiger partial charge is 0.198 e. The van der Waals surface area contributed by atoms with Gasteiger partial charge in [0, 0.05) is 5.25 Å². The van der Waals surface area contributed by atoms with Gasteiger partial charge >= 0.3 is 0 Å². The van der Waals surface area contributed by atoms with E-state index in [1.165, 1.54) is 31.4 Å². The lowest BCUT2D eigenvalue weighted by Crippen LogP contribution is -2.34. The molecule has 0 amide bonds. The zero-order chi connectivity index (χ0) is 14.5. The minimum absolute atomic E-state index is 0.293. The third kappa shape index (κ3) is 5.03. The van der Waals surface area contributed by atoms with Crippen molar-refractivity contribution >= 4 is 11.8 Å². The van der Waals surface area contributed by atoms with E-state index in [-0.39, 0.29) is 0 Å². The molecule has 1 fully saturated rings. The standard InChI is InChI=1S/C17H31NS/c1-6-17(4,5)15-8-7-14(12-18)16(11-15)19-10-9-13(2)3/h13-16H,6-11H2,1-5H3. The fraction of sp³-hybridized carbons (Fsp3) is 0.941. The molecule has 0 radical (unpaired) electrons. The van der Waals surface area contributed by atoms with E-state index >= 15 is 0 Å². The number of hydrogen-bond acceptors (Lipinski definition) is 2. The second kappa shape index (κ2) is 7.58. The molecule has 1 aliphatic carbocycles. The highest BCUT2D eigenvalue weighted by molar-refractivity contribution is 7.99. The highest BCUT2D eigenvalue weighted by atomic mass is 32.2. The Bertz CT molecular complexity index is 303. The van der Waals surface area contributed by atoms with Crippen LogP contribution in [0.25, 0.3) is 0 Å². The van der Waals surface area contributed by atoms with Gasteiger partial charge in [0.25, 0.3) is 0 Å². The van der Waals surface area contributed by atoms with Gasteiger partial charge in [-0.2, -0.15) is 17.0 Å². The Hall–Kier alpha value is -0.160. The van der Waals surface area contributed by atoms with Crippen LogP contribution in [-0.2, 0) is 0 Å². The average molecular weight is 282 g/mol. The van der Waals surface area contributed by atoms with E-state index in [1.807, 2.05) is 0 Å². The fourth-order valence-electron chi connectivity index (χ4n) is 2.91. The predicted octanol–water partition coefficient (Wildman–Crippen LogP) is 5.51. The van der Waals surface area contributed by atoms with E-state index < -0.39 is 0 Å². The van der Waals surface area contributed by atoms with Crippen molar-refractivity contribution in [3.8, 4) is 6.07 Å². The van der Waals surface area contributed by atoms with E-state index in [1.54, 1.807) is 0 Å². The normalized spacial score (nSPS) is 28.4. The predicted molar refractivity (Wildman–Crippen MR) is 86.2 cm³/mol. The molecule has 1 rings (SSSR count). The Morgan fingerprint density at radius 3 is 2.53 bits per heavy atom. The summed E-state index contributed by atoms with van der Waals surface area (Å²) < 4.78 is 0. The molecule has 0 aromatic carbocycles. The van der Waals surface area contributed by atoms with Crippen LogP contribution < -0.4 is 0 Å². The first kappa shape index (κ1) is 16.9. The van der Waals surface area contributed by atoms with Gasteiger partial charge in [-0.25, -0.2) is 0 Å².